The van der Waals surface area contributed by atoms with Crippen molar-refractivity contribution in [3.8, 4) is 5.75 Å². The second-order valence-electron chi connectivity index (χ2n) is 9.08. The molecule has 0 radical (unpaired) electrons. The molecule has 0 saturated carbocycles. The molecule has 0 unspecified atom stereocenters. The summed E-state index contributed by atoms with van der Waals surface area (Å²) in [7, 11) is 1.56. The summed E-state index contributed by atoms with van der Waals surface area (Å²) in [5.41, 5.74) is 1.31. The van der Waals surface area contributed by atoms with Crippen LogP contribution in [0.4, 0.5) is 13.2 Å². The van der Waals surface area contributed by atoms with Gasteiger partial charge < -0.3 is 14.5 Å². The number of alkyl halides is 3. The normalized spacial score (nSPS) is 19.3. The molecule has 2 aliphatic heterocycles. The van der Waals surface area contributed by atoms with Gasteiger partial charge in [-0.1, -0.05) is 35.3 Å². The van der Waals surface area contributed by atoms with Crippen LogP contribution in [-0.2, 0) is 26.1 Å². The van der Waals surface area contributed by atoms with E-state index in [2.05, 4.69) is 17.7 Å². The number of ether oxygens (including phenoxy) is 1. The van der Waals surface area contributed by atoms with E-state index in [0.29, 0.717) is 30.3 Å². The molecule has 5 rings (SSSR count). The first-order chi connectivity index (χ1) is 17.9. The largest absolute Gasteiger partial charge is 0.497 e. The molecule has 38 heavy (non-hydrogen) atoms. The Morgan fingerprint density at radius 2 is 1.84 bits per heavy atom. The van der Waals surface area contributed by atoms with Crippen LogP contribution < -0.4 is 4.74 Å². The van der Waals surface area contributed by atoms with E-state index in [-0.39, 0.29) is 38.5 Å². The van der Waals surface area contributed by atoms with Gasteiger partial charge in [0.05, 0.1) is 35.9 Å². The van der Waals surface area contributed by atoms with Crippen LogP contribution in [0.3, 0.4) is 0 Å². The van der Waals surface area contributed by atoms with E-state index in [1.54, 1.807) is 24.1 Å². The molecule has 200 valence electrons. The van der Waals surface area contributed by atoms with Crippen LogP contribution in [0.1, 0.15) is 37.7 Å². The van der Waals surface area contributed by atoms with Crippen molar-refractivity contribution in [3.63, 3.8) is 0 Å². The Labute approximate surface area is 231 Å². The van der Waals surface area contributed by atoms with Gasteiger partial charge in [0.25, 0.3) is 11.8 Å². The third-order valence-electron chi connectivity index (χ3n) is 6.78. The first-order valence-electron chi connectivity index (χ1n) is 11.5. The molecule has 0 spiro atoms. The number of aromatic nitrogens is 2. The van der Waals surface area contributed by atoms with E-state index in [0.717, 1.165) is 5.56 Å². The molecular weight excluding hydrogens is 564 g/mol. The lowest BCUT2D eigenvalue weighted by Crippen LogP contribution is -2.60. The third-order valence-corrected chi connectivity index (χ3v) is 8.17. The van der Waals surface area contributed by atoms with Crippen molar-refractivity contribution in [2.45, 2.75) is 37.1 Å². The van der Waals surface area contributed by atoms with Crippen molar-refractivity contribution >= 4 is 47.6 Å². The molecule has 2 amide bonds. The standard InChI is InChI=1S/C25H21Cl2F3N4O3S/c1-37-16-5-2-14(3-6-16)12-32-8-9-34-21(23(32)36)17-13-33(22(35)15-4-7-18(26)19(27)10-15)24(38,25(28,29)30)11-20(17)31-34/h2-7,10,38H,8-9,11-13H2,1H3/t24-/m0/s1. The highest BCUT2D eigenvalue weighted by atomic mass is 35.5. The summed E-state index contributed by atoms with van der Waals surface area (Å²) in [6.45, 7) is 0.425. The zero-order valence-corrected chi connectivity index (χ0v) is 22.3. The number of methoxy groups -OCH3 is 1. The SMILES string of the molecule is COc1ccc(CN2CCn3nc4c(c3C2=O)CN(C(=O)c2ccc(Cl)c(Cl)c2)[C@@](S)(C(F)(F)F)C4)cc1. The third kappa shape index (κ3) is 4.50. The highest BCUT2D eigenvalue weighted by molar-refractivity contribution is 7.81. The molecule has 3 aromatic rings. The zero-order valence-electron chi connectivity index (χ0n) is 19.9. The fraction of sp³-hybridized carbons (Fsp3) is 0.320. The molecule has 2 aromatic carbocycles. The number of hydrogen-bond acceptors (Lipinski definition) is 5. The predicted octanol–water partition coefficient (Wildman–Crippen LogP) is 5.24. The predicted molar refractivity (Wildman–Crippen MR) is 138 cm³/mol. The van der Waals surface area contributed by atoms with E-state index in [9.17, 15) is 22.8 Å². The summed E-state index contributed by atoms with van der Waals surface area (Å²) in [6.07, 6.45) is -5.61. The smallest absolute Gasteiger partial charge is 0.421 e. The van der Waals surface area contributed by atoms with Crippen molar-refractivity contribution in [2.75, 3.05) is 13.7 Å². The van der Waals surface area contributed by atoms with E-state index >= 15 is 0 Å². The molecule has 2 aliphatic rings. The van der Waals surface area contributed by atoms with Crippen LogP contribution in [0.15, 0.2) is 42.5 Å². The van der Waals surface area contributed by atoms with Gasteiger partial charge in [-0.3, -0.25) is 14.3 Å². The minimum atomic E-state index is -4.89. The Hall–Kier alpha value is -2.89. The number of hydrogen-bond donors (Lipinski definition) is 1. The summed E-state index contributed by atoms with van der Waals surface area (Å²) in [5.74, 6) is -0.640. The minimum absolute atomic E-state index is 0.0271. The molecule has 3 heterocycles. The number of carbonyl (C=O) groups excluding carboxylic acids is 2. The summed E-state index contributed by atoms with van der Waals surface area (Å²) in [6, 6.07) is 11.1. The number of halogens is 5. The van der Waals surface area contributed by atoms with E-state index in [4.69, 9.17) is 27.9 Å². The molecule has 0 aliphatic carbocycles. The average Bonchev–Trinajstić information content (AvgIpc) is 3.24. The highest BCUT2D eigenvalue weighted by Crippen LogP contribution is 2.47. The number of carbonyl (C=O) groups is 2. The summed E-state index contributed by atoms with van der Waals surface area (Å²) >= 11 is 15.9. The van der Waals surface area contributed by atoms with Gasteiger partial charge in [-0.25, -0.2) is 0 Å². The second kappa shape index (κ2) is 9.69. The van der Waals surface area contributed by atoms with Gasteiger partial charge in [0.15, 0.2) is 4.87 Å². The number of rotatable bonds is 4. The lowest BCUT2D eigenvalue weighted by molar-refractivity contribution is -0.193. The Bertz CT molecular complexity index is 1430. The fourth-order valence-electron chi connectivity index (χ4n) is 4.72. The van der Waals surface area contributed by atoms with Gasteiger partial charge in [0.1, 0.15) is 11.4 Å². The molecular formula is C25H21Cl2F3N4O3S. The molecule has 0 saturated heterocycles. The van der Waals surface area contributed by atoms with Crippen molar-refractivity contribution in [1.29, 1.82) is 0 Å². The Balaban J connectivity index is 1.50. The fourth-order valence-corrected chi connectivity index (χ4v) is 5.33. The van der Waals surface area contributed by atoms with Gasteiger partial charge in [-0.05, 0) is 35.9 Å². The summed E-state index contributed by atoms with van der Waals surface area (Å²) < 4.78 is 49.7. The van der Waals surface area contributed by atoms with Crippen molar-refractivity contribution < 1.29 is 27.5 Å². The van der Waals surface area contributed by atoms with Gasteiger partial charge in [0, 0.05) is 30.6 Å². The topological polar surface area (TPSA) is 67.7 Å². The summed E-state index contributed by atoms with van der Waals surface area (Å²) in [5, 5.41) is 4.52. The lowest BCUT2D eigenvalue weighted by Gasteiger charge is -2.44. The zero-order chi connectivity index (χ0) is 27.4. The van der Waals surface area contributed by atoms with Crippen LogP contribution in [0.25, 0.3) is 0 Å². The second-order valence-corrected chi connectivity index (χ2v) is 10.6. The summed E-state index contributed by atoms with van der Waals surface area (Å²) in [4.78, 5) is 26.3. The average molecular weight is 585 g/mol. The maximum Gasteiger partial charge on any atom is 0.421 e. The molecule has 13 heteroatoms. The quantitative estimate of drug-likeness (QED) is 0.426. The minimum Gasteiger partial charge on any atom is -0.497 e. The maximum atomic E-state index is 14.4. The van der Waals surface area contributed by atoms with Crippen LogP contribution >= 0.6 is 35.8 Å². The van der Waals surface area contributed by atoms with Crippen molar-refractivity contribution in [1.82, 2.24) is 19.6 Å². The molecule has 0 bridgehead atoms. The van der Waals surface area contributed by atoms with Gasteiger partial charge in [-0.2, -0.15) is 18.3 Å². The van der Waals surface area contributed by atoms with Crippen LogP contribution in [0, 0.1) is 0 Å². The maximum absolute atomic E-state index is 14.4. The molecule has 1 aromatic heterocycles. The number of benzene rings is 2. The van der Waals surface area contributed by atoms with E-state index in [1.807, 2.05) is 12.1 Å². The van der Waals surface area contributed by atoms with Crippen molar-refractivity contribution in [3.05, 3.63) is 80.6 Å². The number of fused-ring (bicyclic) bond motifs is 3. The molecule has 1 atom stereocenters. The Morgan fingerprint density at radius 1 is 1.13 bits per heavy atom. The van der Waals surface area contributed by atoms with Gasteiger partial charge >= 0.3 is 6.18 Å². The first kappa shape index (κ1) is 26.7. The Morgan fingerprint density at radius 3 is 2.47 bits per heavy atom. The number of thiol groups is 1. The number of nitrogens with zero attached hydrogens (tertiary/aromatic N) is 4. The van der Waals surface area contributed by atoms with Gasteiger partial charge in [0.2, 0.25) is 0 Å². The van der Waals surface area contributed by atoms with E-state index < -0.39 is 29.9 Å². The van der Waals surface area contributed by atoms with E-state index in [1.165, 1.54) is 22.9 Å². The van der Waals surface area contributed by atoms with Crippen molar-refractivity contribution in [2.24, 2.45) is 0 Å². The van der Waals surface area contributed by atoms with Crippen LogP contribution in [0.5, 0.6) is 5.75 Å². The lowest BCUT2D eigenvalue weighted by atomic mass is 9.95. The van der Waals surface area contributed by atoms with Gasteiger partial charge in [-0.15, -0.1) is 12.6 Å². The highest BCUT2D eigenvalue weighted by Gasteiger charge is 2.61. The Kier molecular flexibility index (Phi) is 6.81. The van der Waals surface area contributed by atoms with Crippen LogP contribution in [0.2, 0.25) is 10.0 Å². The molecule has 0 N–H and O–H groups in total. The molecule has 7 nitrogen and oxygen atoms in total. The molecule has 0 fully saturated rings. The monoisotopic (exact) mass is 584 g/mol. The van der Waals surface area contributed by atoms with Crippen LogP contribution in [-0.4, -0.2) is 56.1 Å². The first-order valence-corrected chi connectivity index (χ1v) is 12.7. The number of amides is 2.